The zero-order valence-corrected chi connectivity index (χ0v) is 12.6. The maximum absolute atomic E-state index is 12.4. The summed E-state index contributed by atoms with van der Waals surface area (Å²) in [7, 11) is 0. The predicted molar refractivity (Wildman–Crippen MR) is 83.1 cm³/mol. The number of rotatable bonds is 3. The van der Waals surface area contributed by atoms with E-state index in [0.29, 0.717) is 22.9 Å². The summed E-state index contributed by atoms with van der Waals surface area (Å²) in [5, 5.41) is 13.1. The fraction of sp³-hybridized carbons (Fsp3) is 0.286. The van der Waals surface area contributed by atoms with E-state index in [1.165, 1.54) is 11.8 Å². The van der Waals surface area contributed by atoms with Crippen molar-refractivity contribution in [3.63, 3.8) is 0 Å². The maximum atomic E-state index is 12.4. The summed E-state index contributed by atoms with van der Waals surface area (Å²) in [6.45, 7) is 0. The van der Waals surface area contributed by atoms with Crippen molar-refractivity contribution in [2.75, 3.05) is 11.5 Å². The van der Waals surface area contributed by atoms with Gasteiger partial charge in [-0.25, -0.2) is 4.79 Å². The number of carboxylic acid groups (broad SMARTS) is 1. The number of aromatic amines is 1. The number of halogens is 1. The van der Waals surface area contributed by atoms with E-state index in [-0.39, 0.29) is 5.69 Å². The molecule has 0 bridgehead atoms. The normalized spacial score (nSPS) is 21.6. The van der Waals surface area contributed by atoms with E-state index in [2.05, 4.69) is 10.3 Å². The van der Waals surface area contributed by atoms with Crippen LogP contribution in [0.5, 0.6) is 0 Å². The molecule has 0 spiro atoms. The van der Waals surface area contributed by atoms with Crippen molar-refractivity contribution in [2.24, 2.45) is 0 Å². The molecule has 1 saturated heterocycles. The van der Waals surface area contributed by atoms with Crippen molar-refractivity contribution in [3.8, 4) is 0 Å². The molecule has 3 rings (SSSR count). The summed E-state index contributed by atoms with van der Waals surface area (Å²) in [6, 6.07) is 7.29. The van der Waals surface area contributed by atoms with E-state index in [1.54, 1.807) is 0 Å². The average molecular weight is 325 g/mol. The van der Waals surface area contributed by atoms with Crippen LogP contribution in [0.4, 0.5) is 0 Å². The van der Waals surface area contributed by atoms with Gasteiger partial charge in [0.25, 0.3) is 5.91 Å². The molecule has 1 aromatic heterocycles. The van der Waals surface area contributed by atoms with Crippen LogP contribution >= 0.6 is 23.4 Å². The minimum Gasteiger partial charge on any atom is -0.479 e. The van der Waals surface area contributed by atoms with Gasteiger partial charge in [-0.1, -0.05) is 29.8 Å². The molecule has 0 aliphatic carbocycles. The van der Waals surface area contributed by atoms with E-state index >= 15 is 0 Å². The van der Waals surface area contributed by atoms with Gasteiger partial charge in [-0.3, -0.25) is 4.79 Å². The Morgan fingerprint density at radius 3 is 2.76 bits per heavy atom. The van der Waals surface area contributed by atoms with E-state index in [9.17, 15) is 14.7 Å². The Morgan fingerprint density at radius 1 is 1.38 bits per heavy atom. The molecular weight excluding hydrogens is 312 g/mol. The second kappa shape index (κ2) is 5.27. The largest absolute Gasteiger partial charge is 0.479 e. The van der Waals surface area contributed by atoms with E-state index in [0.717, 1.165) is 10.9 Å². The van der Waals surface area contributed by atoms with E-state index < -0.39 is 17.4 Å². The van der Waals surface area contributed by atoms with Crippen molar-refractivity contribution in [1.29, 1.82) is 0 Å². The Hall–Kier alpha value is -1.66. The molecule has 1 fully saturated rings. The summed E-state index contributed by atoms with van der Waals surface area (Å²) >= 11 is 7.73. The third kappa shape index (κ3) is 2.38. The van der Waals surface area contributed by atoms with Crippen LogP contribution in [0.15, 0.2) is 24.3 Å². The molecule has 1 aliphatic rings. The van der Waals surface area contributed by atoms with Crippen LogP contribution < -0.4 is 5.32 Å². The molecule has 0 saturated carbocycles. The first-order chi connectivity index (χ1) is 10.0. The number of aromatic nitrogens is 1. The molecule has 1 aromatic carbocycles. The summed E-state index contributed by atoms with van der Waals surface area (Å²) in [6.07, 6.45) is 0.413. The Kier molecular flexibility index (Phi) is 3.59. The van der Waals surface area contributed by atoms with Gasteiger partial charge in [0.05, 0.1) is 5.02 Å². The van der Waals surface area contributed by atoms with Gasteiger partial charge in [-0.05, 0) is 18.2 Å². The van der Waals surface area contributed by atoms with Crippen LogP contribution in [0.2, 0.25) is 5.02 Å². The number of thioether (sulfide) groups is 1. The number of fused-ring (bicyclic) bond motifs is 1. The maximum Gasteiger partial charge on any atom is 0.330 e. The molecule has 110 valence electrons. The van der Waals surface area contributed by atoms with Crippen LogP contribution in [0.1, 0.15) is 16.9 Å². The Bertz CT molecular complexity index is 722. The number of amides is 1. The van der Waals surface area contributed by atoms with Crippen LogP contribution in [0, 0.1) is 0 Å². The summed E-state index contributed by atoms with van der Waals surface area (Å²) in [5.41, 5.74) is -0.254. The van der Waals surface area contributed by atoms with Gasteiger partial charge >= 0.3 is 5.97 Å². The smallest absolute Gasteiger partial charge is 0.330 e. The highest BCUT2D eigenvalue weighted by Crippen LogP contribution is 2.31. The van der Waals surface area contributed by atoms with Gasteiger partial charge in [-0.2, -0.15) is 11.8 Å². The van der Waals surface area contributed by atoms with Crippen molar-refractivity contribution < 1.29 is 14.7 Å². The second-order valence-electron chi connectivity index (χ2n) is 5.00. The second-order valence-corrected chi connectivity index (χ2v) is 6.49. The Labute approximate surface area is 130 Å². The molecule has 3 N–H and O–H groups in total. The number of carboxylic acids is 1. The summed E-state index contributed by atoms with van der Waals surface area (Å²) in [5.74, 6) is -0.409. The van der Waals surface area contributed by atoms with Crippen LogP contribution in [-0.4, -0.2) is 39.0 Å². The molecular formula is C14H13ClN2O3S. The number of carbonyl (C=O) groups is 2. The lowest BCUT2D eigenvalue weighted by Gasteiger charge is -2.24. The Balaban J connectivity index is 1.94. The SMILES string of the molecule is O=C(NC1(C(=O)O)CCSC1)c1[nH]c2ccccc2c1Cl. The minimum absolute atomic E-state index is 0.204. The number of benzene rings is 1. The van der Waals surface area contributed by atoms with Crippen molar-refractivity contribution >= 4 is 46.1 Å². The number of carbonyl (C=O) groups excluding carboxylic acids is 1. The molecule has 1 aliphatic heterocycles. The highest BCUT2D eigenvalue weighted by atomic mass is 35.5. The third-order valence-corrected chi connectivity index (χ3v) is 5.24. The number of H-pyrrole nitrogens is 1. The summed E-state index contributed by atoms with van der Waals surface area (Å²) < 4.78 is 0. The molecule has 1 amide bonds. The van der Waals surface area contributed by atoms with Gasteiger partial charge in [0.2, 0.25) is 0 Å². The van der Waals surface area contributed by atoms with Gasteiger partial charge in [0, 0.05) is 16.7 Å². The zero-order chi connectivity index (χ0) is 15.0. The molecule has 1 unspecified atom stereocenters. The fourth-order valence-corrected chi connectivity index (χ4v) is 4.05. The first kappa shape index (κ1) is 14.3. The van der Waals surface area contributed by atoms with Crippen molar-refractivity contribution in [1.82, 2.24) is 10.3 Å². The topological polar surface area (TPSA) is 82.2 Å². The molecule has 21 heavy (non-hydrogen) atoms. The monoisotopic (exact) mass is 324 g/mol. The molecule has 7 heteroatoms. The highest BCUT2D eigenvalue weighted by Gasteiger charge is 2.43. The van der Waals surface area contributed by atoms with Gasteiger partial charge in [0.1, 0.15) is 11.2 Å². The molecule has 5 nitrogen and oxygen atoms in total. The molecule has 2 heterocycles. The number of nitrogens with one attached hydrogen (secondary N) is 2. The van der Waals surface area contributed by atoms with Crippen LogP contribution in [0.25, 0.3) is 10.9 Å². The van der Waals surface area contributed by atoms with Crippen molar-refractivity contribution in [3.05, 3.63) is 35.0 Å². The number of para-hydroxylation sites is 1. The highest BCUT2D eigenvalue weighted by molar-refractivity contribution is 7.99. The summed E-state index contributed by atoms with van der Waals surface area (Å²) in [4.78, 5) is 26.8. The molecule has 0 radical (unpaired) electrons. The van der Waals surface area contributed by atoms with Gasteiger partial charge in [0.15, 0.2) is 0 Å². The quantitative estimate of drug-likeness (QED) is 0.810. The van der Waals surface area contributed by atoms with E-state index in [4.69, 9.17) is 11.6 Å². The van der Waals surface area contributed by atoms with Gasteiger partial charge in [-0.15, -0.1) is 0 Å². The lowest BCUT2D eigenvalue weighted by Crippen LogP contribution is -2.54. The molecule has 1 atom stereocenters. The van der Waals surface area contributed by atoms with E-state index in [1.807, 2.05) is 24.3 Å². The van der Waals surface area contributed by atoms with Crippen molar-refractivity contribution in [2.45, 2.75) is 12.0 Å². The van der Waals surface area contributed by atoms with Crippen LogP contribution in [-0.2, 0) is 4.79 Å². The number of aliphatic carboxylic acids is 1. The first-order valence-electron chi connectivity index (χ1n) is 6.43. The van der Waals surface area contributed by atoms with Gasteiger partial charge < -0.3 is 15.4 Å². The number of hydrogen-bond acceptors (Lipinski definition) is 3. The standard InChI is InChI=1S/C14H13ClN2O3S/c15-10-8-3-1-2-4-9(8)16-11(10)12(18)17-14(13(19)20)5-6-21-7-14/h1-4,16H,5-7H2,(H,17,18)(H,19,20). The Morgan fingerprint density at radius 2 is 2.14 bits per heavy atom. The lowest BCUT2D eigenvalue weighted by atomic mass is 9.99. The fourth-order valence-electron chi connectivity index (χ4n) is 2.43. The third-order valence-electron chi connectivity index (χ3n) is 3.65. The minimum atomic E-state index is -1.21. The number of hydrogen-bond donors (Lipinski definition) is 3. The first-order valence-corrected chi connectivity index (χ1v) is 7.97. The zero-order valence-electron chi connectivity index (χ0n) is 11.0. The molecule has 2 aromatic rings. The predicted octanol–water partition coefficient (Wildman–Crippen LogP) is 2.51. The lowest BCUT2D eigenvalue weighted by molar-refractivity contribution is -0.143. The van der Waals surface area contributed by atoms with Crippen LogP contribution in [0.3, 0.4) is 0 Å². The average Bonchev–Trinajstić information content (AvgIpc) is 3.05.